The van der Waals surface area contributed by atoms with Crippen LogP contribution in [0.2, 0.25) is 0 Å². The second kappa shape index (κ2) is 6.47. The standard InChI is InChI=1S/C12H19N3O5/c1-5-18-11(17)9-14-8(15-20-9)6-7(13)10(16)19-12(2,3)4/h7H,5-6,13H2,1-4H3. The largest absolute Gasteiger partial charge is 0.459 e. The van der Waals surface area contributed by atoms with Gasteiger partial charge in [0.05, 0.1) is 6.61 Å². The fraction of sp³-hybridized carbons (Fsp3) is 0.667. The summed E-state index contributed by atoms with van der Waals surface area (Å²) < 4.78 is 14.5. The minimum atomic E-state index is -0.929. The van der Waals surface area contributed by atoms with Crippen LogP contribution in [0.5, 0.6) is 0 Å². The molecule has 0 aliphatic heterocycles. The molecule has 8 heteroatoms. The van der Waals surface area contributed by atoms with Crippen molar-refractivity contribution in [1.82, 2.24) is 10.1 Å². The van der Waals surface area contributed by atoms with Crippen molar-refractivity contribution in [3.05, 3.63) is 11.7 Å². The van der Waals surface area contributed by atoms with E-state index >= 15 is 0 Å². The van der Waals surface area contributed by atoms with Gasteiger partial charge in [-0.05, 0) is 27.7 Å². The molecule has 1 heterocycles. The third-order valence-corrected chi connectivity index (χ3v) is 2.03. The van der Waals surface area contributed by atoms with Crippen molar-refractivity contribution in [2.75, 3.05) is 6.61 Å². The van der Waals surface area contributed by atoms with Crippen molar-refractivity contribution in [1.29, 1.82) is 0 Å². The number of nitrogens with zero attached hydrogens (tertiary/aromatic N) is 2. The van der Waals surface area contributed by atoms with Crippen LogP contribution >= 0.6 is 0 Å². The predicted octanol–water partition coefficient (Wildman–Crippen LogP) is 0.458. The van der Waals surface area contributed by atoms with Gasteiger partial charge in [-0.15, -0.1) is 0 Å². The molecular weight excluding hydrogens is 266 g/mol. The first kappa shape index (κ1) is 16.1. The van der Waals surface area contributed by atoms with Gasteiger partial charge in [0.2, 0.25) is 0 Å². The molecule has 112 valence electrons. The van der Waals surface area contributed by atoms with E-state index in [4.69, 9.17) is 19.7 Å². The number of ether oxygens (including phenoxy) is 2. The first-order valence-electron chi connectivity index (χ1n) is 6.21. The number of aromatic nitrogens is 2. The Bertz CT molecular complexity index is 478. The average molecular weight is 285 g/mol. The second-order valence-corrected chi connectivity index (χ2v) is 5.08. The van der Waals surface area contributed by atoms with E-state index in [1.54, 1.807) is 27.7 Å². The molecule has 0 saturated carbocycles. The normalized spacial score (nSPS) is 12.8. The van der Waals surface area contributed by atoms with Crippen LogP contribution in [0.15, 0.2) is 4.52 Å². The molecule has 1 aromatic heterocycles. The molecule has 20 heavy (non-hydrogen) atoms. The fourth-order valence-corrected chi connectivity index (χ4v) is 1.27. The van der Waals surface area contributed by atoms with Gasteiger partial charge in [-0.3, -0.25) is 4.79 Å². The minimum Gasteiger partial charge on any atom is -0.459 e. The summed E-state index contributed by atoms with van der Waals surface area (Å²) in [6.45, 7) is 7.09. The summed E-state index contributed by atoms with van der Waals surface area (Å²) in [6.07, 6.45) is 0.0117. The molecular formula is C12H19N3O5. The number of hydrogen-bond acceptors (Lipinski definition) is 8. The summed E-state index contributed by atoms with van der Waals surface area (Å²) in [7, 11) is 0. The molecule has 1 unspecified atom stereocenters. The van der Waals surface area contributed by atoms with Gasteiger partial charge in [0.1, 0.15) is 11.6 Å². The Morgan fingerprint density at radius 3 is 2.60 bits per heavy atom. The van der Waals surface area contributed by atoms with Crippen LogP contribution < -0.4 is 5.73 Å². The summed E-state index contributed by atoms with van der Waals surface area (Å²) >= 11 is 0. The minimum absolute atomic E-state index is 0.0117. The molecule has 1 atom stereocenters. The molecule has 0 aliphatic rings. The van der Waals surface area contributed by atoms with Gasteiger partial charge in [-0.2, -0.15) is 4.98 Å². The zero-order valence-electron chi connectivity index (χ0n) is 12.0. The number of carbonyl (C=O) groups is 2. The zero-order chi connectivity index (χ0) is 15.3. The Balaban J connectivity index is 2.60. The number of esters is 2. The first-order valence-corrected chi connectivity index (χ1v) is 6.21. The Kier molecular flexibility index (Phi) is 5.20. The van der Waals surface area contributed by atoms with Crippen molar-refractivity contribution >= 4 is 11.9 Å². The van der Waals surface area contributed by atoms with E-state index in [0.717, 1.165) is 0 Å². The molecule has 0 aromatic carbocycles. The Hall–Kier alpha value is -1.96. The maximum Gasteiger partial charge on any atom is 0.397 e. The molecule has 0 saturated heterocycles. The lowest BCUT2D eigenvalue weighted by Crippen LogP contribution is -2.39. The highest BCUT2D eigenvalue weighted by atomic mass is 16.6. The van der Waals surface area contributed by atoms with E-state index in [9.17, 15) is 9.59 Å². The lowest BCUT2D eigenvalue weighted by Gasteiger charge is -2.21. The summed E-state index contributed by atoms with van der Waals surface area (Å²) in [4.78, 5) is 26.8. The number of hydrogen-bond donors (Lipinski definition) is 1. The van der Waals surface area contributed by atoms with Crippen LogP contribution in [-0.4, -0.2) is 40.3 Å². The quantitative estimate of drug-likeness (QED) is 0.775. The van der Waals surface area contributed by atoms with E-state index in [2.05, 4.69) is 10.1 Å². The highest BCUT2D eigenvalue weighted by Crippen LogP contribution is 2.09. The first-order chi connectivity index (χ1) is 9.23. The van der Waals surface area contributed by atoms with Crippen LogP contribution in [0.25, 0.3) is 0 Å². The maximum atomic E-state index is 11.7. The maximum absolute atomic E-state index is 11.7. The molecule has 0 bridgehead atoms. The average Bonchev–Trinajstić information content (AvgIpc) is 2.75. The van der Waals surface area contributed by atoms with Gasteiger partial charge in [0, 0.05) is 6.42 Å². The lowest BCUT2D eigenvalue weighted by molar-refractivity contribution is -0.156. The predicted molar refractivity (Wildman–Crippen MR) is 67.8 cm³/mol. The van der Waals surface area contributed by atoms with E-state index in [-0.39, 0.29) is 24.7 Å². The third kappa shape index (κ3) is 4.96. The van der Waals surface area contributed by atoms with Gasteiger partial charge in [0.25, 0.3) is 0 Å². The van der Waals surface area contributed by atoms with Gasteiger partial charge in [0.15, 0.2) is 5.82 Å². The Labute approximate surface area is 116 Å². The van der Waals surface area contributed by atoms with Crippen LogP contribution in [0.4, 0.5) is 0 Å². The fourth-order valence-electron chi connectivity index (χ4n) is 1.27. The van der Waals surface area contributed by atoms with Crippen molar-refractivity contribution in [3.63, 3.8) is 0 Å². The molecule has 1 aromatic rings. The molecule has 1 rings (SSSR count). The zero-order valence-corrected chi connectivity index (χ0v) is 12.0. The van der Waals surface area contributed by atoms with Crippen LogP contribution in [0.3, 0.4) is 0 Å². The van der Waals surface area contributed by atoms with Crippen LogP contribution in [0, 0.1) is 0 Å². The topological polar surface area (TPSA) is 118 Å². The molecule has 0 fully saturated rings. The highest BCUT2D eigenvalue weighted by molar-refractivity contribution is 5.84. The number of nitrogens with two attached hydrogens (primary N) is 1. The van der Waals surface area contributed by atoms with E-state index < -0.39 is 23.6 Å². The molecule has 0 spiro atoms. The SMILES string of the molecule is CCOC(=O)c1nc(CC(N)C(=O)OC(C)(C)C)no1. The van der Waals surface area contributed by atoms with Crippen LogP contribution in [0.1, 0.15) is 44.2 Å². The Morgan fingerprint density at radius 1 is 1.40 bits per heavy atom. The van der Waals surface area contributed by atoms with Crippen molar-refractivity contribution in [2.45, 2.75) is 45.8 Å². The summed E-state index contributed by atoms with van der Waals surface area (Å²) in [5.41, 5.74) is 5.07. The van der Waals surface area contributed by atoms with Gasteiger partial charge in [-0.25, -0.2) is 4.79 Å². The monoisotopic (exact) mass is 285 g/mol. The molecule has 2 N–H and O–H groups in total. The van der Waals surface area contributed by atoms with Crippen molar-refractivity contribution in [2.24, 2.45) is 5.73 Å². The van der Waals surface area contributed by atoms with Crippen LogP contribution in [-0.2, 0) is 20.7 Å². The summed E-state index contributed by atoms with van der Waals surface area (Å²) in [5, 5.41) is 3.56. The van der Waals surface area contributed by atoms with Gasteiger partial charge >= 0.3 is 17.8 Å². The summed E-state index contributed by atoms with van der Waals surface area (Å²) in [6, 6.07) is -0.929. The number of carbonyl (C=O) groups excluding carboxylic acids is 2. The lowest BCUT2D eigenvalue weighted by atomic mass is 10.1. The van der Waals surface area contributed by atoms with E-state index in [0.29, 0.717) is 0 Å². The number of rotatable bonds is 5. The van der Waals surface area contributed by atoms with E-state index in [1.165, 1.54) is 0 Å². The molecule has 8 nitrogen and oxygen atoms in total. The summed E-state index contributed by atoms with van der Waals surface area (Å²) in [5.74, 6) is -1.40. The Morgan fingerprint density at radius 2 is 2.05 bits per heavy atom. The second-order valence-electron chi connectivity index (χ2n) is 5.08. The van der Waals surface area contributed by atoms with Gasteiger partial charge in [-0.1, -0.05) is 5.16 Å². The third-order valence-electron chi connectivity index (χ3n) is 2.03. The smallest absolute Gasteiger partial charge is 0.397 e. The van der Waals surface area contributed by atoms with Crippen molar-refractivity contribution < 1.29 is 23.6 Å². The molecule has 0 aliphatic carbocycles. The van der Waals surface area contributed by atoms with Crippen molar-refractivity contribution in [3.8, 4) is 0 Å². The highest BCUT2D eigenvalue weighted by Gasteiger charge is 2.25. The van der Waals surface area contributed by atoms with E-state index in [1.807, 2.05) is 0 Å². The molecule has 0 radical (unpaired) electrons. The van der Waals surface area contributed by atoms with Gasteiger partial charge < -0.3 is 19.7 Å². The molecule has 0 amide bonds.